The molecule has 2 N–H and O–H groups in total. The van der Waals surface area contributed by atoms with E-state index in [1.54, 1.807) is 20.3 Å². The van der Waals surface area contributed by atoms with E-state index in [1.165, 1.54) is 43.7 Å². The number of ether oxygens (including phenoxy) is 2. The molecule has 35 heavy (non-hydrogen) atoms. The maximum atomic E-state index is 12.8. The standard InChI is InChI=1S/C26H38N4O5/c1-34-22-10-8-18(16-23(22)35-2)12-15-30-25(32)20(28-26(30)33)9-11-24(31)27-17-19-6-5-14-29-13-4-3-7-21(19)29/h8,10,16,19-21H,3-7,9,11-15,17H2,1-2H3,(H,27,31)(H,28,33)/t19-,20?,21+/m0/s1. The number of benzene rings is 1. The van der Waals surface area contributed by atoms with Crippen LogP contribution in [0.15, 0.2) is 18.2 Å². The van der Waals surface area contributed by atoms with Crippen molar-refractivity contribution < 1.29 is 23.9 Å². The number of urea groups is 1. The fourth-order valence-electron chi connectivity index (χ4n) is 5.69. The molecule has 3 heterocycles. The number of nitrogens with zero attached hydrogens (tertiary/aromatic N) is 2. The zero-order valence-electron chi connectivity index (χ0n) is 20.9. The molecule has 3 fully saturated rings. The summed E-state index contributed by atoms with van der Waals surface area (Å²) in [6.45, 7) is 3.33. The molecule has 9 heteroatoms. The van der Waals surface area contributed by atoms with Crippen molar-refractivity contribution in [3.05, 3.63) is 23.8 Å². The van der Waals surface area contributed by atoms with Gasteiger partial charge in [-0.3, -0.25) is 14.5 Å². The molecule has 1 aromatic rings. The van der Waals surface area contributed by atoms with E-state index >= 15 is 0 Å². The fraction of sp³-hybridized carbons (Fsp3) is 0.654. The number of methoxy groups -OCH3 is 2. The van der Waals surface area contributed by atoms with Crippen LogP contribution >= 0.6 is 0 Å². The minimum absolute atomic E-state index is 0.0521. The van der Waals surface area contributed by atoms with Gasteiger partial charge in [0.1, 0.15) is 6.04 Å². The van der Waals surface area contributed by atoms with E-state index in [0.29, 0.717) is 42.8 Å². The van der Waals surface area contributed by atoms with Crippen LogP contribution in [0.2, 0.25) is 0 Å². The number of carbonyl (C=O) groups excluding carboxylic acids is 3. The van der Waals surface area contributed by atoms with Crippen molar-refractivity contribution >= 4 is 17.8 Å². The number of carbonyl (C=O) groups is 3. The van der Waals surface area contributed by atoms with Gasteiger partial charge in [-0.15, -0.1) is 0 Å². The van der Waals surface area contributed by atoms with Gasteiger partial charge in [0.05, 0.1) is 14.2 Å². The normalized spacial score (nSPS) is 24.6. The molecule has 3 aliphatic rings. The zero-order valence-corrected chi connectivity index (χ0v) is 20.9. The minimum Gasteiger partial charge on any atom is -0.493 e. The van der Waals surface area contributed by atoms with Gasteiger partial charge in [-0.1, -0.05) is 12.5 Å². The first-order valence-corrected chi connectivity index (χ1v) is 12.8. The van der Waals surface area contributed by atoms with Crippen LogP contribution in [-0.2, 0) is 16.0 Å². The molecule has 3 atom stereocenters. The topological polar surface area (TPSA) is 100 Å². The molecular weight excluding hydrogens is 448 g/mol. The highest BCUT2D eigenvalue weighted by Crippen LogP contribution is 2.30. The van der Waals surface area contributed by atoms with Crippen molar-refractivity contribution in [1.29, 1.82) is 0 Å². The molecule has 4 rings (SSSR count). The molecule has 3 aliphatic heterocycles. The molecule has 9 nitrogen and oxygen atoms in total. The minimum atomic E-state index is -0.651. The maximum absolute atomic E-state index is 12.8. The van der Waals surface area contributed by atoms with Crippen LogP contribution in [0.25, 0.3) is 0 Å². The largest absolute Gasteiger partial charge is 0.493 e. The Morgan fingerprint density at radius 2 is 1.89 bits per heavy atom. The Bertz CT molecular complexity index is 921. The van der Waals surface area contributed by atoms with Crippen molar-refractivity contribution in [2.45, 2.75) is 63.5 Å². The van der Waals surface area contributed by atoms with E-state index < -0.39 is 12.1 Å². The summed E-state index contributed by atoms with van der Waals surface area (Å²) in [4.78, 5) is 41.5. The lowest BCUT2D eigenvalue weighted by atomic mass is 9.83. The Morgan fingerprint density at radius 3 is 2.69 bits per heavy atom. The number of imide groups is 1. The SMILES string of the molecule is COc1ccc(CCN2C(=O)NC(CCC(=O)NC[C@@H]3CCCN4CCCC[C@H]34)C2=O)cc1OC. The molecule has 0 radical (unpaired) electrons. The summed E-state index contributed by atoms with van der Waals surface area (Å²) in [5.41, 5.74) is 0.935. The lowest BCUT2D eigenvalue weighted by molar-refractivity contribution is -0.127. The molecular formula is C26H38N4O5. The van der Waals surface area contributed by atoms with Gasteiger partial charge in [0, 0.05) is 25.6 Å². The van der Waals surface area contributed by atoms with Crippen LogP contribution in [0, 0.1) is 5.92 Å². The van der Waals surface area contributed by atoms with Crippen LogP contribution < -0.4 is 20.1 Å². The average Bonchev–Trinajstić information content (AvgIpc) is 3.16. The highest BCUT2D eigenvalue weighted by molar-refractivity contribution is 6.04. The van der Waals surface area contributed by atoms with Crippen molar-refractivity contribution in [3.8, 4) is 11.5 Å². The predicted octanol–water partition coefficient (Wildman–Crippen LogP) is 2.33. The molecule has 192 valence electrons. The van der Waals surface area contributed by atoms with Crippen LogP contribution in [0.3, 0.4) is 0 Å². The molecule has 0 spiro atoms. The van der Waals surface area contributed by atoms with Gasteiger partial charge in [-0.25, -0.2) is 4.79 Å². The van der Waals surface area contributed by atoms with Crippen LogP contribution in [0.1, 0.15) is 50.5 Å². The number of rotatable bonds is 10. The second kappa shape index (κ2) is 11.7. The van der Waals surface area contributed by atoms with Gasteiger partial charge in [0.15, 0.2) is 11.5 Å². The summed E-state index contributed by atoms with van der Waals surface area (Å²) >= 11 is 0. The Hall–Kier alpha value is -2.81. The van der Waals surface area contributed by atoms with E-state index in [0.717, 1.165) is 12.0 Å². The van der Waals surface area contributed by atoms with Gasteiger partial charge < -0.3 is 25.0 Å². The molecule has 0 aromatic heterocycles. The Balaban J connectivity index is 1.21. The summed E-state index contributed by atoms with van der Waals surface area (Å²) in [6, 6.07) is 5.08. The van der Waals surface area contributed by atoms with Crippen molar-refractivity contribution in [3.63, 3.8) is 0 Å². The van der Waals surface area contributed by atoms with E-state index in [4.69, 9.17) is 9.47 Å². The third-order valence-corrected chi connectivity index (χ3v) is 7.63. The Labute approximate surface area is 207 Å². The van der Waals surface area contributed by atoms with Gasteiger partial charge in [0.25, 0.3) is 5.91 Å². The molecule has 1 unspecified atom stereocenters. The van der Waals surface area contributed by atoms with Gasteiger partial charge >= 0.3 is 6.03 Å². The molecule has 0 saturated carbocycles. The van der Waals surface area contributed by atoms with Gasteiger partial charge in [0.2, 0.25) is 5.91 Å². The number of piperidine rings is 2. The summed E-state index contributed by atoms with van der Waals surface area (Å²) in [6.07, 6.45) is 7.17. The van der Waals surface area contributed by atoms with E-state index in [-0.39, 0.29) is 24.8 Å². The molecule has 1 aromatic carbocycles. The third kappa shape index (κ3) is 6.07. The van der Waals surface area contributed by atoms with Crippen molar-refractivity contribution in [2.75, 3.05) is 40.4 Å². The highest BCUT2D eigenvalue weighted by atomic mass is 16.5. The van der Waals surface area contributed by atoms with E-state index in [2.05, 4.69) is 15.5 Å². The zero-order chi connectivity index (χ0) is 24.8. The second-order valence-corrected chi connectivity index (χ2v) is 9.78. The highest BCUT2D eigenvalue weighted by Gasteiger charge is 2.38. The summed E-state index contributed by atoms with van der Waals surface area (Å²) < 4.78 is 10.6. The fourth-order valence-corrected chi connectivity index (χ4v) is 5.69. The number of nitrogens with one attached hydrogen (secondary N) is 2. The first-order valence-electron chi connectivity index (χ1n) is 12.8. The van der Waals surface area contributed by atoms with Crippen molar-refractivity contribution in [1.82, 2.24) is 20.4 Å². The van der Waals surface area contributed by atoms with Gasteiger partial charge in [-0.05, 0) is 75.2 Å². The van der Waals surface area contributed by atoms with E-state index in [1.807, 2.05) is 12.1 Å². The van der Waals surface area contributed by atoms with Crippen LogP contribution in [0.5, 0.6) is 11.5 Å². The summed E-state index contributed by atoms with van der Waals surface area (Å²) in [5, 5.41) is 5.82. The quantitative estimate of drug-likeness (QED) is 0.493. The molecule has 4 amide bonds. The van der Waals surface area contributed by atoms with Crippen molar-refractivity contribution in [2.24, 2.45) is 5.92 Å². The second-order valence-electron chi connectivity index (χ2n) is 9.78. The van der Waals surface area contributed by atoms with Gasteiger partial charge in [-0.2, -0.15) is 0 Å². The third-order valence-electron chi connectivity index (χ3n) is 7.63. The maximum Gasteiger partial charge on any atom is 0.324 e. The number of amides is 4. The van der Waals surface area contributed by atoms with E-state index in [9.17, 15) is 14.4 Å². The number of fused-ring (bicyclic) bond motifs is 1. The average molecular weight is 487 g/mol. The molecule has 0 aliphatic carbocycles. The Morgan fingerprint density at radius 1 is 1.09 bits per heavy atom. The molecule has 0 bridgehead atoms. The van der Waals surface area contributed by atoms with Crippen LogP contribution in [-0.4, -0.2) is 80.1 Å². The van der Waals surface area contributed by atoms with Crippen LogP contribution in [0.4, 0.5) is 4.79 Å². The number of hydrogen-bond donors (Lipinski definition) is 2. The first kappa shape index (κ1) is 25.3. The first-order chi connectivity index (χ1) is 17.0. The Kier molecular flexibility index (Phi) is 8.49. The predicted molar refractivity (Wildman–Crippen MR) is 131 cm³/mol. The lowest BCUT2D eigenvalue weighted by Gasteiger charge is -2.44. The lowest BCUT2D eigenvalue weighted by Crippen LogP contribution is -2.51. The monoisotopic (exact) mass is 486 g/mol. The number of hydrogen-bond acceptors (Lipinski definition) is 6. The smallest absolute Gasteiger partial charge is 0.324 e. The molecule has 3 saturated heterocycles. The summed E-state index contributed by atoms with van der Waals surface area (Å²) in [7, 11) is 3.14. The summed E-state index contributed by atoms with van der Waals surface area (Å²) in [5.74, 6) is 1.42.